The maximum absolute atomic E-state index is 5.35. The molecule has 2 N–H and O–H groups in total. The Morgan fingerprint density at radius 1 is 1.41 bits per heavy atom. The number of ether oxygens (including phenoxy) is 1. The standard InChI is InChI=1S/C11H18N4OS/c1-12-10-9(16-2)11(14-7-13-10)15-8-4-3-5-17-6-8/h7-8H,3-6H2,1-2H3,(H2,12,13,14,15). The van der Waals surface area contributed by atoms with Crippen molar-refractivity contribution in [3.05, 3.63) is 6.33 Å². The lowest BCUT2D eigenvalue weighted by Crippen LogP contribution is -2.26. The molecular formula is C11H18N4OS. The predicted octanol–water partition coefficient (Wildman–Crippen LogP) is 1.83. The fraction of sp³-hybridized carbons (Fsp3) is 0.636. The van der Waals surface area contributed by atoms with Gasteiger partial charge in [0.2, 0.25) is 5.75 Å². The number of aromatic nitrogens is 2. The molecule has 5 nitrogen and oxygen atoms in total. The van der Waals surface area contributed by atoms with Gasteiger partial charge in [0, 0.05) is 18.8 Å². The van der Waals surface area contributed by atoms with E-state index < -0.39 is 0 Å². The number of hydrogen-bond acceptors (Lipinski definition) is 6. The highest BCUT2D eigenvalue weighted by atomic mass is 32.2. The number of methoxy groups -OCH3 is 1. The zero-order chi connectivity index (χ0) is 12.1. The van der Waals surface area contributed by atoms with Crippen LogP contribution in [0.25, 0.3) is 0 Å². The minimum atomic E-state index is 0.474. The highest BCUT2D eigenvalue weighted by Crippen LogP contribution is 2.30. The van der Waals surface area contributed by atoms with E-state index in [1.54, 1.807) is 13.4 Å². The average Bonchev–Trinajstić information content (AvgIpc) is 2.39. The van der Waals surface area contributed by atoms with Crippen molar-refractivity contribution in [2.75, 3.05) is 36.3 Å². The van der Waals surface area contributed by atoms with Crippen LogP contribution in [-0.2, 0) is 0 Å². The first-order valence-electron chi connectivity index (χ1n) is 5.76. The van der Waals surface area contributed by atoms with E-state index in [-0.39, 0.29) is 0 Å². The van der Waals surface area contributed by atoms with Crippen LogP contribution in [-0.4, -0.2) is 41.7 Å². The van der Waals surface area contributed by atoms with Crippen molar-refractivity contribution in [2.45, 2.75) is 18.9 Å². The van der Waals surface area contributed by atoms with Crippen molar-refractivity contribution in [3.8, 4) is 5.75 Å². The van der Waals surface area contributed by atoms with E-state index >= 15 is 0 Å². The van der Waals surface area contributed by atoms with Gasteiger partial charge in [-0.1, -0.05) is 0 Å². The Bertz CT molecular complexity index is 368. The molecule has 0 radical (unpaired) electrons. The van der Waals surface area contributed by atoms with Crippen LogP contribution in [0.2, 0.25) is 0 Å². The Morgan fingerprint density at radius 3 is 2.88 bits per heavy atom. The van der Waals surface area contributed by atoms with Crippen LogP contribution < -0.4 is 15.4 Å². The van der Waals surface area contributed by atoms with Gasteiger partial charge in [-0.05, 0) is 18.6 Å². The molecule has 1 unspecified atom stereocenters. The number of thioether (sulfide) groups is 1. The molecule has 1 atom stereocenters. The molecule has 1 aromatic heterocycles. The van der Waals surface area contributed by atoms with Crippen LogP contribution in [0, 0.1) is 0 Å². The van der Waals surface area contributed by atoms with Gasteiger partial charge in [0.05, 0.1) is 7.11 Å². The van der Waals surface area contributed by atoms with Gasteiger partial charge in [-0.25, -0.2) is 9.97 Å². The predicted molar refractivity (Wildman–Crippen MR) is 72.1 cm³/mol. The van der Waals surface area contributed by atoms with Gasteiger partial charge in [0.15, 0.2) is 11.6 Å². The van der Waals surface area contributed by atoms with Crippen LogP contribution in [0.3, 0.4) is 0 Å². The largest absolute Gasteiger partial charge is 0.490 e. The van der Waals surface area contributed by atoms with E-state index in [4.69, 9.17) is 4.74 Å². The maximum Gasteiger partial charge on any atom is 0.204 e. The summed E-state index contributed by atoms with van der Waals surface area (Å²) in [5.41, 5.74) is 0. The summed E-state index contributed by atoms with van der Waals surface area (Å²) in [7, 11) is 3.46. The smallest absolute Gasteiger partial charge is 0.204 e. The number of anilines is 2. The fourth-order valence-corrected chi connectivity index (χ4v) is 2.97. The molecule has 2 heterocycles. The van der Waals surface area contributed by atoms with Crippen molar-refractivity contribution < 1.29 is 4.74 Å². The zero-order valence-corrected chi connectivity index (χ0v) is 11.0. The van der Waals surface area contributed by atoms with Gasteiger partial charge >= 0.3 is 0 Å². The van der Waals surface area contributed by atoms with Crippen molar-refractivity contribution in [1.29, 1.82) is 0 Å². The molecule has 0 aliphatic carbocycles. The van der Waals surface area contributed by atoms with E-state index in [9.17, 15) is 0 Å². The highest BCUT2D eigenvalue weighted by molar-refractivity contribution is 7.99. The van der Waals surface area contributed by atoms with Gasteiger partial charge < -0.3 is 15.4 Å². The van der Waals surface area contributed by atoms with Gasteiger partial charge in [0.25, 0.3) is 0 Å². The molecule has 1 fully saturated rings. The molecule has 6 heteroatoms. The van der Waals surface area contributed by atoms with Gasteiger partial charge in [-0.3, -0.25) is 0 Å². The van der Waals surface area contributed by atoms with E-state index in [1.807, 2.05) is 18.8 Å². The number of hydrogen-bond donors (Lipinski definition) is 2. The Morgan fingerprint density at radius 2 is 2.24 bits per heavy atom. The average molecular weight is 254 g/mol. The van der Waals surface area contributed by atoms with Crippen LogP contribution in [0.5, 0.6) is 5.75 Å². The normalized spacial score (nSPS) is 19.8. The van der Waals surface area contributed by atoms with Crippen molar-refractivity contribution >= 4 is 23.4 Å². The first-order valence-corrected chi connectivity index (χ1v) is 6.91. The Labute approximate surface area is 106 Å². The van der Waals surface area contributed by atoms with Gasteiger partial charge in [-0.15, -0.1) is 0 Å². The molecule has 0 saturated carbocycles. The molecule has 2 rings (SSSR count). The third kappa shape index (κ3) is 2.94. The minimum absolute atomic E-state index is 0.474. The second-order valence-corrected chi connectivity index (χ2v) is 5.06. The summed E-state index contributed by atoms with van der Waals surface area (Å²) in [5.74, 6) is 4.57. The monoisotopic (exact) mass is 254 g/mol. The van der Waals surface area contributed by atoms with Crippen molar-refractivity contribution in [3.63, 3.8) is 0 Å². The molecule has 1 saturated heterocycles. The first-order chi connectivity index (χ1) is 8.35. The second kappa shape index (κ2) is 5.95. The summed E-state index contributed by atoms with van der Waals surface area (Å²) in [4.78, 5) is 8.39. The number of rotatable bonds is 4. The Kier molecular flexibility index (Phi) is 4.30. The molecule has 0 amide bonds. The Hall–Kier alpha value is -1.17. The molecule has 1 aliphatic heterocycles. The van der Waals surface area contributed by atoms with Gasteiger partial charge in [0.1, 0.15) is 6.33 Å². The van der Waals surface area contributed by atoms with E-state index in [2.05, 4.69) is 20.6 Å². The SMILES string of the molecule is CNc1ncnc(NC2CCCSC2)c1OC. The van der Waals surface area contributed by atoms with Crippen molar-refractivity contribution in [1.82, 2.24) is 9.97 Å². The molecule has 17 heavy (non-hydrogen) atoms. The summed E-state index contributed by atoms with van der Waals surface area (Å²) in [6, 6.07) is 0.474. The number of nitrogens with one attached hydrogen (secondary N) is 2. The van der Waals surface area contributed by atoms with E-state index in [1.165, 1.54) is 18.6 Å². The van der Waals surface area contributed by atoms with Crippen LogP contribution in [0.1, 0.15) is 12.8 Å². The third-order valence-corrected chi connectivity index (χ3v) is 3.96. The number of nitrogens with zero attached hydrogens (tertiary/aromatic N) is 2. The lowest BCUT2D eigenvalue weighted by Gasteiger charge is -2.24. The quantitative estimate of drug-likeness (QED) is 0.855. The molecular weight excluding hydrogens is 236 g/mol. The van der Waals surface area contributed by atoms with Crippen molar-refractivity contribution in [2.24, 2.45) is 0 Å². The summed E-state index contributed by atoms with van der Waals surface area (Å²) in [5, 5.41) is 6.44. The van der Waals surface area contributed by atoms with Crippen LogP contribution >= 0.6 is 11.8 Å². The second-order valence-electron chi connectivity index (χ2n) is 3.91. The fourth-order valence-electron chi connectivity index (χ4n) is 1.90. The first kappa shape index (κ1) is 12.3. The topological polar surface area (TPSA) is 59.1 Å². The Balaban J connectivity index is 2.13. The van der Waals surface area contributed by atoms with E-state index in [0.717, 1.165) is 11.6 Å². The summed E-state index contributed by atoms with van der Waals surface area (Å²) in [6.45, 7) is 0. The minimum Gasteiger partial charge on any atom is -0.490 e. The zero-order valence-electron chi connectivity index (χ0n) is 10.2. The summed E-state index contributed by atoms with van der Waals surface area (Å²) < 4.78 is 5.35. The van der Waals surface area contributed by atoms with Crippen LogP contribution in [0.4, 0.5) is 11.6 Å². The van der Waals surface area contributed by atoms with Gasteiger partial charge in [-0.2, -0.15) is 11.8 Å². The molecule has 1 aromatic rings. The summed E-state index contributed by atoms with van der Waals surface area (Å²) >= 11 is 1.98. The summed E-state index contributed by atoms with van der Waals surface area (Å²) in [6.07, 6.45) is 4.00. The molecule has 94 valence electrons. The highest BCUT2D eigenvalue weighted by Gasteiger charge is 2.17. The molecule has 0 aromatic carbocycles. The lowest BCUT2D eigenvalue weighted by atomic mass is 10.2. The molecule has 0 spiro atoms. The molecule has 0 bridgehead atoms. The lowest BCUT2D eigenvalue weighted by molar-refractivity contribution is 0.414. The molecule has 1 aliphatic rings. The van der Waals surface area contributed by atoms with E-state index in [0.29, 0.717) is 17.6 Å². The third-order valence-electron chi connectivity index (χ3n) is 2.75. The van der Waals surface area contributed by atoms with Crippen LogP contribution in [0.15, 0.2) is 6.33 Å². The maximum atomic E-state index is 5.35.